The molecule has 0 spiro atoms. The fourth-order valence-electron chi connectivity index (χ4n) is 1.67. The van der Waals surface area contributed by atoms with Crippen molar-refractivity contribution < 1.29 is 21.7 Å². The monoisotopic (exact) mass is 269 g/mol. The molecule has 1 atom stereocenters. The summed E-state index contributed by atoms with van der Waals surface area (Å²) in [4.78, 5) is 0. The standard InChI is InChI=1S/C8H11BNO.C5H5.Fe/c1-7-6-11-9(10-7)8-4-2-3-5-8;1-2-4-5-3-1;/h2-5,7,10H,6H2,1H3;1-5H;/q2*-1;. The number of hydrogen-bond acceptors (Lipinski definition) is 2. The molecule has 1 fully saturated rings. The van der Waals surface area contributed by atoms with Gasteiger partial charge < -0.3 is 9.88 Å². The fraction of sp³-hybridized carbons (Fsp3) is 0.231. The molecule has 3 rings (SSSR count). The average Bonchev–Trinajstić information content (AvgIpc) is 3.03. The third-order valence-electron chi connectivity index (χ3n) is 2.50. The van der Waals surface area contributed by atoms with E-state index in [4.69, 9.17) is 4.65 Å². The minimum absolute atomic E-state index is 0. The molecule has 2 aromatic carbocycles. The van der Waals surface area contributed by atoms with E-state index in [9.17, 15) is 0 Å². The third-order valence-corrected chi connectivity index (χ3v) is 2.50. The van der Waals surface area contributed by atoms with E-state index in [0.29, 0.717) is 6.04 Å². The molecule has 17 heavy (non-hydrogen) atoms. The summed E-state index contributed by atoms with van der Waals surface area (Å²) in [7, 11) is 0.125. The summed E-state index contributed by atoms with van der Waals surface area (Å²) in [5.74, 6) is 0. The average molecular weight is 269 g/mol. The molecular weight excluding hydrogens is 253 g/mol. The van der Waals surface area contributed by atoms with Crippen molar-refractivity contribution >= 4 is 12.5 Å². The summed E-state index contributed by atoms with van der Waals surface area (Å²) >= 11 is 0. The smallest absolute Gasteiger partial charge is 0.330 e. The fourth-order valence-corrected chi connectivity index (χ4v) is 1.67. The van der Waals surface area contributed by atoms with Gasteiger partial charge in [0.2, 0.25) is 0 Å². The predicted octanol–water partition coefficient (Wildman–Crippen LogP) is 1.51. The van der Waals surface area contributed by atoms with Gasteiger partial charge in [-0.1, -0.05) is 0 Å². The van der Waals surface area contributed by atoms with Gasteiger partial charge in [0, 0.05) is 29.7 Å². The Kier molecular flexibility index (Phi) is 6.31. The second-order valence-electron chi connectivity index (χ2n) is 3.96. The van der Waals surface area contributed by atoms with Crippen molar-refractivity contribution in [3.63, 3.8) is 0 Å². The Bertz CT molecular complexity index is 357. The third kappa shape index (κ3) is 4.53. The van der Waals surface area contributed by atoms with Crippen molar-refractivity contribution in [2.75, 3.05) is 6.61 Å². The molecule has 92 valence electrons. The van der Waals surface area contributed by atoms with E-state index in [1.54, 1.807) is 0 Å². The van der Waals surface area contributed by atoms with Crippen molar-refractivity contribution in [1.29, 1.82) is 0 Å². The van der Waals surface area contributed by atoms with Crippen molar-refractivity contribution in [2.24, 2.45) is 0 Å². The van der Waals surface area contributed by atoms with Gasteiger partial charge in [-0.2, -0.15) is 41.9 Å². The van der Waals surface area contributed by atoms with Crippen LogP contribution < -0.4 is 10.7 Å². The van der Waals surface area contributed by atoms with Crippen molar-refractivity contribution in [3.05, 3.63) is 54.6 Å². The maximum absolute atomic E-state index is 5.50. The van der Waals surface area contributed by atoms with E-state index in [0.717, 1.165) is 6.61 Å². The van der Waals surface area contributed by atoms with Gasteiger partial charge in [-0.25, -0.2) is 18.2 Å². The van der Waals surface area contributed by atoms with Gasteiger partial charge in [-0.3, -0.25) is 0 Å². The van der Waals surface area contributed by atoms with Crippen molar-refractivity contribution in [1.82, 2.24) is 5.23 Å². The largest absolute Gasteiger partial charge is 0.427 e. The Morgan fingerprint density at radius 2 is 2.06 bits per heavy atom. The Morgan fingerprint density at radius 3 is 2.47 bits per heavy atom. The van der Waals surface area contributed by atoms with Gasteiger partial charge in [0.15, 0.2) is 0 Å². The molecule has 1 saturated heterocycles. The second kappa shape index (κ2) is 7.51. The van der Waals surface area contributed by atoms with E-state index in [2.05, 4.69) is 24.3 Å². The van der Waals surface area contributed by atoms with Crippen molar-refractivity contribution in [3.8, 4) is 0 Å². The molecule has 0 bridgehead atoms. The van der Waals surface area contributed by atoms with E-state index in [1.807, 2.05) is 42.5 Å². The van der Waals surface area contributed by atoms with Crippen LogP contribution in [0, 0.1) is 0 Å². The van der Waals surface area contributed by atoms with Crippen molar-refractivity contribution in [2.45, 2.75) is 13.0 Å². The summed E-state index contributed by atoms with van der Waals surface area (Å²) in [6.45, 7) is 2.94. The normalized spacial score (nSPS) is 18.2. The van der Waals surface area contributed by atoms with Crippen LogP contribution in [0.5, 0.6) is 0 Å². The molecule has 1 aliphatic heterocycles. The Labute approximate surface area is 114 Å². The van der Waals surface area contributed by atoms with Crippen LogP contribution in [0.15, 0.2) is 54.6 Å². The molecular formula is C13H16BFeNO-2. The zero-order valence-electron chi connectivity index (χ0n) is 9.82. The molecule has 0 aliphatic carbocycles. The van der Waals surface area contributed by atoms with E-state index in [1.165, 1.54) is 5.46 Å². The summed E-state index contributed by atoms with van der Waals surface area (Å²) < 4.78 is 5.50. The molecule has 0 aromatic heterocycles. The zero-order valence-corrected chi connectivity index (χ0v) is 10.9. The van der Waals surface area contributed by atoms with Gasteiger partial charge >= 0.3 is 7.05 Å². The first-order valence-corrected chi connectivity index (χ1v) is 5.62. The maximum atomic E-state index is 5.50. The molecule has 0 saturated carbocycles. The van der Waals surface area contributed by atoms with Crippen LogP contribution in [0.25, 0.3) is 0 Å². The van der Waals surface area contributed by atoms with Gasteiger partial charge in [0.1, 0.15) is 0 Å². The molecule has 2 nitrogen and oxygen atoms in total. The van der Waals surface area contributed by atoms with E-state index in [-0.39, 0.29) is 24.1 Å². The summed E-state index contributed by atoms with van der Waals surface area (Å²) in [5.41, 5.74) is 1.23. The first-order valence-electron chi connectivity index (χ1n) is 5.62. The first-order chi connectivity index (χ1) is 7.86. The van der Waals surface area contributed by atoms with Crippen LogP contribution in [-0.2, 0) is 21.7 Å². The number of hydrogen-bond donors (Lipinski definition) is 1. The molecule has 1 aliphatic rings. The topological polar surface area (TPSA) is 21.3 Å². The van der Waals surface area contributed by atoms with Gasteiger partial charge in [-0.05, 0) is 6.92 Å². The van der Waals surface area contributed by atoms with Crippen LogP contribution in [0.2, 0.25) is 0 Å². The second-order valence-corrected chi connectivity index (χ2v) is 3.96. The Morgan fingerprint density at radius 1 is 1.29 bits per heavy atom. The molecule has 0 amide bonds. The molecule has 1 heterocycles. The Balaban J connectivity index is 0.000000205. The summed E-state index contributed by atoms with van der Waals surface area (Å²) in [6.07, 6.45) is 0. The summed E-state index contributed by atoms with van der Waals surface area (Å²) in [5, 5.41) is 3.33. The maximum Gasteiger partial charge on any atom is 0.330 e. The van der Waals surface area contributed by atoms with Crippen LogP contribution in [-0.4, -0.2) is 19.7 Å². The van der Waals surface area contributed by atoms with E-state index < -0.39 is 0 Å². The minimum Gasteiger partial charge on any atom is -0.427 e. The van der Waals surface area contributed by atoms with Crippen LogP contribution in [0.4, 0.5) is 0 Å². The predicted molar refractivity (Wildman–Crippen MR) is 68.0 cm³/mol. The summed E-state index contributed by atoms with van der Waals surface area (Å²) in [6, 6.07) is 18.7. The molecule has 1 unspecified atom stereocenters. The van der Waals surface area contributed by atoms with Crippen LogP contribution >= 0.6 is 0 Å². The number of rotatable bonds is 1. The Hall–Kier alpha value is -0.796. The zero-order chi connectivity index (χ0) is 11.2. The molecule has 0 radical (unpaired) electrons. The van der Waals surface area contributed by atoms with E-state index >= 15 is 0 Å². The number of nitrogens with one attached hydrogen (secondary N) is 1. The van der Waals surface area contributed by atoms with Crippen LogP contribution in [0.1, 0.15) is 6.92 Å². The van der Waals surface area contributed by atoms with Gasteiger partial charge in [0.25, 0.3) is 0 Å². The molecule has 4 heteroatoms. The molecule has 1 N–H and O–H groups in total. The SMILES string of the molecule is CC1COB(c2cc[cH-]c2)N1.[Fe].c1cc[cH-]c1. The van der Waals surface area contributed by atoms with Gasteiger partial charge in [0.05, 0.1) is 0 Å². The van der Waals surface area contributed by atoms with Gasteiger partial charge in [-0.15, -0.1) is 0 Å². The van der Waals surface area contributed by atoms with Crippen LogP contribution in [0.3, 0.4) is 0 Å². The quantitative estimate of drug-likeness (QED) is 0.626. The minimum atomic E-state index is 0. The first kappa shape index (κ1) is 14.3. The molecule has 2 aromatic rings.